The van der Waals surface area contributed by atoms with Crippen molar-refractivity contribution >= 4 is 12.3 Å². The van der Waals surface area contributed by atoms with Crippen LogP contribution in [-0.4, -0.2) is 17.4 Å². The summed E-state index contributed by atoms with van der Waals surface area (Å²) in [6, 6.07) is 0. The van der Waals surface area contributed by atoms with Crippen LogP contribution in [0.15, 0.2) is 24.3 Å². The normalized spacial score (nSPS) is 11.1. The maximum absolute atomic E-state index is 10.3. The Bertz CT molecular complexity index is 440. The van der Waals surface area contributed by atoms with Gasteiger partial charge in [0, 0.05) is 12.8 Å². The number of hydrogen-bond acceptors (Lipinski definition) is 2. The van der Waals surface area contributed by atoms with Gasteiger partial charge in [-0.1, -0.05) is 115 Å². The van der Waals surface area contributed by atoms with Crippen LogP contribution in [0.3, 0.4) is 0 Å². The molecule has 1 N–H and O–H groups in total. The minimum atomic E-state index is -0.662. The van der Waals surface area contributed by atoms with Gasteiger partial charge < -0.3 is 9.90 Å². The number of carboxylic acid groups (broad SMARTS) is 1. The summed E-state index contributed by atoms with van der Waals surface area (Å²) < 4.78 is 0. The molecular formula is C30H56O3. The summed E-state index contributed by atoms with van der Waals surface area (Å²) in [5.74, 6) is -0.662. The molecule has 3 nitrogen and oxygen atoms in total. The summed E-state index contributed by atoms with van der Waals surface area (Å²) in [6.07, 6.45) is 36.0. The second kappa shape index (κ2) is 32.8. The molecule has 0 aliphatic carbocycles. The summed E-state index contributed by atoms with van der Waals surface area (Å²) in [6.45, 7) is 4.46. The monoisotopic (exact) mass is 464 g/mol. The van der Waals surface area contributed by atoms with Crippen molar-refractivity contribution in [3.63, 3.8) is 0 Å². The van der Waals surface area contributed by atoms with E-state index in [9.17, 15) is 9.59 Å². The van der Waals surface area contributed by atoms with Crippen molar-refractivity contribution in [2.75, 3.05) is 0 Å². The van der Waals surface area contributed by atoms with Crippen LogP contribution in [-0.2, 0) is 9.59 Å². The molecule has 0 rings (SSSR count). The highest BCUT2D eigenvalue weighted by Gasteiger charge is 1.96. The van der Waals surface area contributed by atoms with Crippen LogP contribution in [0.4, 0.5) is 0 Å². The largest absolute Gasteiger partial charge is 0.481 e. The van der Waals surface area contributed by atoms with Crippen molar-refractivity contribution < 1.29 is 14.7 Å². The molecule has 0 bridgehead atoms. The van der Waals surface area contributed by atoms with Gasteiger partial charge in [0.05, 0.1) is 0 Å². The summed E-state index contributed by atoms with van der Waals surface area (Å²) in [5.41, 5.74) is 0. The second-order valence-electron chi connectivity index (χ2n) is 9.15. The maximum Gasteiger partial charge on any atom is 0.303 e. The zero-order chi connectivity index (χ0) is 24.7. The van der Waals surface area contributed by atoms with Gasteiger partial charge >= 0.3 is 5.97 Å². The molecule has 3 heteroatoms. The van der Waals surface area contributed by atoms with Crippen LogP contribution >= 0.6 is 0 Å². The van der Waals surface area contributed by atoms with Crippen molar-refractivity contribution in [2.45, 2.75) is 155 Å². The average molecular weight is 465 g/mol. The lowest BCUT2D eigenvalue weighted by Crippen LogP contribution is -1.93. The van der Waals surface area contributed by atoms with E-state index >= 15 is 0 Å². The predicted octanol–water partition coefficient (Wildman–Crippen LogP) is 9.99. The smallest absolute Gasteiger partial charge is 0.303 e. The maximum atomic E-state index is 10.3. The van der Waals surface area contributed by atoms with Crippen molar-refractivity contribution in [2.24, 2.45) is 0 Å². The molecule has 0 aliphatic rings. The SMILES string of the molecule is CCCC/C=C\CCCCCCCC=O.CCCC/C=C\CCCCCCCCCC(=O)O. The molecule has 33 heavy (non-hydrogen) atoms. The molecule has 0 aromatic heterocycles. The van der Waals surface area contributed by atoms with E-state index < -0.39 is 5.97 Å². The van der Waals surface area contributed by atoms with Gasteiger partial charge in [-0.15, -0.1) is 0 Å². The molecular weight excluding hydrogens is 408 g/mol. The highest BCUT2D eigenvalue weighted by molar-refractivity contribution is 5.66. The first-order chi connectivity index (χ1) is 16.2. The van der Waals surface area contributed by atoms with Crippen LogP contribution in [0.2, 0.25) is 0 Å². The molecule has 0 aromatic rings. The van der Waals surface area contributed by atoms with Crippen LogP contribution in [0.5, 0.6) is 0 Å². The lowest BCUT2D eigenvalue weighted by Gasteiger charge is -2.00. The Labute approximate surface area is 206 Å². The van der Waals surface area contributed by atoms with Gasteiger partial charge in [-0.05, 0) is 51.4 Å². The van der Waals surface area contributed by atoms with Crippen molar-refractivity contribution in [3.05, 3.63) is 24.3 Å². The topological polar surface area (TPSA) is 54.4 Å². The molecule has 194 valence electrons. The highest BCUT2D eigenvalue weighted by atomic mass is 16.4. The van der Waals surface area contributed by atoms with Crippen LogP contribution in [0, 0.1) is 0 Å². The Morgan fingerprint density at radius 3 is 1.21 bits per heavy atom. The fraction of sp³-hybridized carbons (Fsp3) is 0.800. The van der Waals surface area contributed by atoms with Crippen LogP contribution in [0.1, 0.15) is 155 Å². The number of aldehydes is 1. The van der Waals surface area contributed by atoms with E-state index in [0.717, 1.165) is 32.0 Å². The third-order valence-electron chi connectivity index (χ3n) is 5.74. The zero-order valence-corrected chi connectivity index (χ0v) is 22.2. The van der Waals surface area contributed by atoms with E-state index in [1.807, 2.05) is 0 Å². The van der Waals surface area contributed by atoms with Crippen LogP contribution in [0.25, 0.3) is 0 Å². The molecule has 0 radical (unpaired) electrons. The first kappa shape index (κ1) is 33.8. The Hall–Kier alpha value is -1.38. The molecule has 0 atom stereocenters. The minimum Gasteiger partial charge on any atom is -0.481 e. The number of rotatable bonds is 24. The lowest BCUT2D eigenvalue weighted by molar-refractivity contribution is -0.137. The van der Waals surface area contributed by atoms with Crippen molar-refractivity contribution in [1.82, 2.24) is 0 Å². The number of carboxylic acids is 1. The number of unbranched alkanes of at least 4 members (excludes halogenated alkanes) is 17. The van der Waals surface area contributed by atoms with Gasteiger partial charge in [-0.2, -0.15) is 0 Å². The summed E-state index contributed by atoms with van der Waals surface area (Å²) in [5, 5.41) is 8.48. The zero-order valence-electron chi connectivity index (χ0n) is 22.2. The third-order valence-corrected chi connectivity index (χ3v) is 5.74. The number of carbonyl (C=O) groups excluding carboxylic acids is 1. The van der Waals surface area contributed by atoms with Crippen LogP contribution < -0.4 is 0 Å². The number of aliphatic carboxylic acids is 1. The molecule has 0 aliphatic heterocycles. The van der Waals surface area contributed by atoms with Gasteiger partial charge in [0.15, 0.2) is 0 Å². The van der Waals surface area contributed by atoms with Gasteiger partial charge in [-0.25, -0.2) is 0 Å². The van der Waals surface area contributed by atoms with Gasteiger partial charge in [0.25, 0.3) is 0 Å². The number of carbonyl (C=O) groups is 2. The molecule has 0 saturated carbocycles. The summed E-state index contributed by atoms with van der Waals surface area (Å²) >= 11 is 0. The van der Waals surface area contributed by atoms with Gasteiger partial charge in [0.1, 0.15) is 6.29 Å². The van der Waals surface area contributed by atoms with E-state index in [2.05, 4.69) is 38.2 Å². The molecule has 0 unspecified atom stereocenters. The third kappa shape index (κ3) is 38.2. The predicted molar refractivity (Wildman–Crippen MR) is 145 cm³/mol. The standard InChI is InChI=1S/C16H30O2.C14H26O/c1-2-3-4-5-6-7-8-9-10-11-12-13-14-15-16(17)18;1-2-3-4-5-6-7-8-9-10-11-12-13-14-15/h5-6H,2-4,7-15H2,1H3,(H,17,18);5-6,14H,2-4,7-13H2,1H3/b2*6-5-. The Morgan fingerprint density at radius 2 is 0.848 bits per heavy atom. The first-order valence-corrected chi connectivity index (χ1v) is 14.1. The molecule has 0 fully saturated rings. The Balaban J connectivity index is 0. The minimum absolute atomic E-state index is 0.336. The highest BCUT2D eigenvalue weighted by Crippen LogP contribution is 2.10. The second-order valence-corrected chi connectivity index (χ2v) is 9.15. The first-order valence-electron chi connectivity index (χ1n) is 14.1. The molecule has 0 aromatic carbocycles. The van der Waals surface area contributed by atoms with E-state index in [1.165, 1.54) is 109 Å². The van der Waals surface area contributed by atoms with Gasteiger partial charge in [-0.3, -0.25) is 4.79 Å². The number of hydrogen-bond donors (Lipinski definition) is 1. The Kier molecular flexibility index (Phi) is 33.6. The van der Waals surface area contributed by atoms with E-state index in [1.54, 1.807) is 0 Å². The molecule has 0 saturated heterocycles. The lowest BCUT2D eigenvalue weighted by atomic mass is 10.1. The van der Waals surface area contributed by atoms with Crippen molar-refractivity contribution in [1.29, 1.82) is 0 Å². The van der Waals surface area contributed by atoms with Gasteiger partial charge in [0.2, 0.25) is 0 Å². The quantitative estimate of drug-likeness (QED) is 0.0878. The van der Waals surface area contributed by atoms with E-state index in [0.29, 0.717) is 6.42 Å². The van der Waals surface area contributed by atoms with E-state index in [-0.39, 0.29) is 0 Å². The van der Waals surface area contributed by atoms with E-state index in [4.69, 9.17) is 5.11 Å². The molecule has 0 heterocycles. The van der Waals surface area contributed by atoms with Crippen molar-refractivity contribution in [3.8, 4) is 0 Å². The Morgan fingerprint density at radius 1 is 0.515 bits per heavy atom. The fourth-order valence-corrected chi connectivity index (χ4v) is 3.56. The summed E-state index contributed by atoms with van der Waals surface area (Å²) in [4.78, 5) is 20.4. The number of allylic oxidation sites excluding steroid dienone is 4. The molecule has 0 amide bonds. The summed E-state index contributed by atoms with van der Waals surface area (Å²) in [7, 11) is 0. The molecule has 0 spiro atoms. The average Bonchev–Trinajstić information content (AvgIpc) is 2.81. The fourth-order valence-electron chi connectivity index (χ4n) is 3.56.